The van der Waals surface area contributed by atoms with Crippen LogP contribution in [-0.2, 0) is 4.74 Å². The normalized spacial score (nSPS) is 22.9. The maximum Gasteiger partial charge on any atom is 0.411 e. The number of amides is 1. The Labute approximate surface area is 123 Å². The number of benzene rings is 1. The van der Waals surface area contributed by atoms with Crippen LogP contribution in [0.25, 0.3) is 0 Å². The SMILES string of the molecule is C[C@H]1CCCC[C@@H]1OC(=O)Nc1ccc(Cl)c(Cl)c1. The molecule has 1 saturated carbocycles. The highest BCUT2D eigenvalue weighted by molar-refractivity contribution is 6.42. The standard InChI is InChI=1S/C14H17Cl2NO2/c1-9-4-2-3-5-13(9)19-14(18)17-10-6-7-11(15)12(16)8-10/h6-9,13H,2-5H2,1H3,(H,17,18)/t9-,13-/m0/s1. The van der Waals surface area contributed by atoms with Crippen LogP contribution in [-0.4, -0.2) is 12.2 Å². The molecule has 104 valence electrons. The van der Waals surface area contributed by atoms with Crippen molar-refractivity contribution in [3.05, 3.63) is 28.2 Å². The molecule has 0 spiro atoms. The number of ether oxygens (including phenoxy) is 1. The lowest BCUT2D eigenvalue weighted by Gasteiger charge is -2.28. The van der Waals surface area contributed by atoms with E-state index in [0.29, 0.717) is 21.7 Å². The quantitative estimate of drug-likeness (QED) is 0.823. The van der Waals surface area contributed by atoms with Crippen LogP contribution in [0.1, 0.15) is 32.6 Å². The Hall–Kier alpha value is -0.930. The Morgan fingerprint density at radius 3 is 2.68 bits per heavy atom. The van der Waals surface area contributed by atoms with E-state index in [1.54, 1.807) is 18.2 Å². The fourth-order valence-electron chi connectivity index (χ4n) is 2.32. The van der Waals surface area contributed by atoms with Crippen molar-refractivity contribution in [2.45, 2.75) is 38.7 Å². The van der Waals surface area contributed by atoms with Gasteiger partial charge in [0.1, 0.15) is 6.10 Å². The molecule has 3 nitrogen and oxygen atoms in total. The summed E-state index contributed by atoms with van der Waals surface area (Å²) in [5.41, 5.74) is 0.586. The number of carbonyl (C=O) groups excluding carboxylic acids is 1. The third-order valence-electron chi connectivity index (χ3n) is 3.46. The average Bonchev–Trinajstić information content (AvgIpc) is 2.37. The predicted molar refractivity (Wildman–Crippen MR) is 78.0 cm³/mol. The highest BCUT2D eigenvalue weighted by atomic mass is 35.5. The predicted octanol–water partition coefficient (Wildman–Crippen LogP) is 5.12. The van der Waals surface area contributed by atoms with E-state index < -0.39 is 6.09 Å². The summed E-state index contributed by atoms with van der Waals surface area (Å²) in [6.07, 6.45) is 3.97. The second kappa shape index (κ2) is 6.49. The monoisotopic (exact) mass is 301 g/mol. The third kappa shape index (κ3) is 4.02. The molecule has 0 aromatic heterocycles. The number of carbonyl (C=O) groups is 1. The molecule has 0 bridgehead atoms. The van der Waals surface area contributed by atoms with Gasteiger partial charge in [0, 0.05) is 5.69 Å². The number of rotatable bonds is 2. The van der Waals surface area contributed by atoms with E-state index in [2.05, 4.69) is 12.2 Å². The molecule has 1 aliphatic carbocycles. The lowest BCUT2D eigenvalue weighted by atomic mass is 9.88. The van der Waals surface area contributed by atoms with E-state index in [0.717, 1.165) is 19.3 Å². The van der Waals surface area contributed by atoms with E-state index in [1.807, 2.05) is 0 Å². The van der Waals surface area contributed by atoms with E-state index in [4.69, 9.17) is 27.9 Å². The highest BCUT2D eigenvalue weighted by Gasteiger charge is 2.24. The Bertz CT molecular complexity index is 465. The third-order valence-corrected chi connectivity index (χ3v) is 4.20. The Balaban J connectivity index is 1.91. The molecule has 5 heteroatoms. The van der Waals surface area contributed by atoms with Gasteiger partial charge in [-0.1, -0.05) is 36.5 Å². The van der Waals surface area contributed by atoms with Gasteiger partial charge in [0.2, 0.25) is 0 Å². The molecular formula is C14H17Cl2NO2. The molecule has 1 fully saturated rings. The van der Waals surface area contributed by atoms with E-state index in [-0.39, 0.29) is 6.10 Å². The second-order valence-corrected chi connectivity index (χ2v) is 5.77. The molecule has 1 N–H and O–H groups in total. The van der Waals surface area contributed by atoms with Crippen molar-refractivity contribution in [1.29, 1.82) is 0 Å². The fraction of sp³-hybridized carbons (Fsp3) is 0.500. The van der Waals surface area contributed by atoms with Crippen molar-refractivity contribution in [3.8, 4) is 0 Å². The molecule has 2 rings (SSSR count). The van der Waals surface area contributed by atoms with Gasteiger partial charge in [-0.15, -0.1) is 0 Å². The zero-order chi connectivity index (χ0) is 13.8. The first-order chi connectivity index (χ1) is 9.06. The maximum absolute atomic E-state index is 11.8. The van der Waals surface area contributed by atoms with E-state index in [9.17, 15) is 4.79 Å². The Kier molecular flexibility index (Phi) is 4.94. The first-order valence-corrected chi connectivity index (χ1v) is 7.24. The van der Waals surface area contributed by atoms with Gasteiger partial charge in [-0.05, 0) is 43.4 Å². The summed E-state index contributed by atoms with van der Waals surface area (Å²) in [5, 5.41) is 3.54. The first-order valence-electron chi connectivity index (χ1n) is 6.49. The van der Waals surface area contributed by atoms with Crippen LogP contribution in [0.4, 0.5) is 10.5 Å². The van der Waals surface area contributed by atoms with Crippen molar-refractivity contribution in [2.24, 2.45) is 5.92 Å². The maximum atomic E-state index is 11.8. The van der Waals surface area contributed by atoms with Crippen LogP contribution in [0, 0.1) is 5.92 Å². The summed E-state index contributed by atoms with van der Waals surface area (Å²) in [5.74, 6) is 0.424. The zero-order valence-electron chi connectivity index (χ0n) is 10.8. The topological polar surface area (TPSA) is 38.3 Å². The molecule has 0 radical (unpaired) electrons. The largest absolute Gasteiger partial charge is 0.446 e. The number of hydrogen-bond acceptors (Lipinski definition) is 2. The summed E-state index contributed by atoms with van der Waals surface area (Å²) >= 11 is 11.7. The zero-order valence-corrected chi connectivity index (χ0v) is 12.3. The van der Waals surface area contributed by atoms with Crippen molar-refractivity contribution >= 4 is 35.0 Å². The Morgan fingerprint density at radius 2 is 2.00 bits per heavy atom. The minimum atomic E-state index is -0.433. The Morgan fingerprint density at radius 1 is 1.26 bits per heavy atom. The number of anilines is 1. The molecule has 0 unspecified atom stereocenters. The molecule has 0 aliphatic heterocycles. The van der Waals surface area contributed by atoms with Crippen LogP contribution < -0.4 is 5.32 Å². The van der Waals surface area contributed by atoms with Crippen LogP contribution in [0.2, 0.25) is 10.0 Å². The second-order valence-electron chi connectivity index (χ2n) is 4.96. The van der Waals surface area contributed by atoms with Gasteiger partial charge in [0.05, 0.1) is 10.0 Å². The van der Waals surface area contributed by atoms with Gasteiger partial charge in [0.15, 0.2) is 0 Å². The van der Waals surface area contributed by atoms with Gasteiger partial charge in [-0.2, -0.15) is 0 Å². The fourth-order valence-corrected chi connectivity index (χ4v) is 2.61. The van der Waals surface area contributed by atoms with E-state index >= 15 is 0 Å². The average molecular weight is 302 g/mol. The molecule has 0 heterocycles. The number of nitrogens with one attached hydrogen (secondary N) is 1. The highest BCUT2D eigenvalue weighted by Crippen LogP contribution is 2.28. The first kappa shape index (κ1) is 14.5. The van der Waals surface area contributed by atoms with Crippen LogP contribution in [0.3, 0.4) is 0 Å². The summed E-state index contributed by atoms with van der Waals surface area (Å²) in [4.78, 5) is 11.8. The minimum Gasteiger partial charge on any atom is -0.446 e. The van der Waals surface area contributed by atoms with Gasteiger partial charge in [0.25, 0.3) is 0 Å². The smallest absolute Gasteiger partial charge is 0.411 e. The van der Waals surface area contributed by atoms with Gasteiger partial charge >= 0.3 is 6.09 Å². The molecule has 1 aliphatic rings. The minimum absolute atomic E-state index is 0.0107. The number of halogens is 2. The lowest BCUT2D eigenvalue weighted by Crippen LogP contribution is -2.30. The summed E-state index contributed by atoms with van der Waals surface area (Å²) in [7, 11) is 0. The van der Waals surface area contributed by atoms with Gasteiger partial charge in [-0.3, -0.25) is 5.32 Å². The molecule has 2 atom stereocenters. The van der Waals surface area contributed by atoms with Crippen LogP contribution >= 0.6 is 23.2 Å². The molecule has 1 amide bonds. The van der Waals surface area contributed by atoms with Crippen molar-refractivity contribution < 1.29 is 9.53 Å². The van der Waals surface area contributed by atoms with Gasteiger partial charge in [-0.25, -0.2) is 4.79 Å². The van der Waals surface area contributed by atoms with Gasteiger partial charge < -0.3 is 4.74 Å². The van der Waals surface area contributed by atoms with Crippen LogP contribution in [0.5, 0.6) is 0 Å². The van der Waals surface area contributed by atoms with Crippen molar-refractivity contribution in [3.63, 3.8) is 0 Å². The lowest BCUT2D eigenvalue weighted by molar-refractivity contribution is 0.0524. The van der Waals surface area contributed by atoms with E-state index in [1.165, 1.54) is 6.42 Å². The van der Waals surface area contributed by atoms with Crippen LogP contribution in [0.15, 0.2) is 18.2 Å². The summed E-state index contributed by atoms with van der Waals surface area (Å²) in [6, 6.07) is 4.94. The number of hydrogen-bond donors (Lipinski definition) is 1. The molecule has 1 aromatic rings. The molecule has 19 heavy (non-hydrogen) atoms. The summed E-state index contributed by atoms with van der Waals surface area (Å²) in [6.45, 7) is 2.12. The molecule has 1 aromatic carbocycles. The molecular weight excluding hydrogens is 285 g/mol. The summed E-state index contributed by atoms with van der Waals surface area (Å²) < 4.78 is 5.45. The van der Waals surface area contributed by atoms with Crippen molar-refractivity contribution in [2.75, 3.05) is 5.32 Å². The van der Waals surface area contributed by atoms with Crippen molar-refractivity contribution in [1.82, 2.24) is 0 Å². The molecule has 0 saturated heterocycles.